The second-order valence-electron chi connectivity index (χ2n) is 5.19. The van der Waals surface area contributed by atoms with Crippen LogP contribution < -0.4 is 5.32 Å². The topological polar surface area (TPSA) is 15.3 Å². The molecule has 2 heteroatoms. The lowest BCUT2D eigenvalue weighted by Gasteiger charge is -2.31. The zero-order valence-corrected chi connectivity index (χ0v) is 10.8. The molecule has 1 heterocycles. The molecule has 0 bridgehead atoms. The van der Waals surface area contributed by atoms with E-state index >= 15 is 0 Å². The maximum Gasteiger partial charge on any atom is 0.0107 e. The number of hydrogen-bond acceptors (Lipinski definition) is 2. The SMILES string of the molecule is CCCC(C)NCCN1CCCC(C)C1. The van der Waals surface area contributed by atoms with Crippen LogP contribution >= 0.6 is 0 Å². The Hall–Kier alpha value is -0.0800. The van der Waals surface area contributed by atoms with Crippen LogP contribution in [0.15, 0.2) is 0 Å². The van der Waals surface area contributed by atoms with Gasteiger partial charge in [-0.2, -0.15) is 0 Å². The van der Waals surface area contributed by atoms with Gasteiger partial charge in [0, 0.05) is 25.7 Å². The van der Waals surface area contributed by atoms with E-state index in [0.717, 1.165) is 12.5 Å². The summed E-state index contributed by atoms with van der Waals surface area (Å²) in [5.41, 5.74) is 0. The first-order valence-electron chi connectivity index (χ1n) is 6.68. The molecule has 2 nitrogen and oxygen atoms in total. The first-order chi connectivity index (χ1) is 7.22. The van der Waals surface area contributed by atoms with Gasteiger partial charge in [-0.15, -0.1) is 0 Å². The van der Waals surface area contributed by atoms with Gasteiger partial charge in [-0.1, -0.05) is 20.3 Å². The molecule has 0 amide bonds. The minimum atomic E-state index is 0.692. The van der Waals surface area contributed by atoms with E-state index in [1.54, 1.807) is 0 Å². The fourth-order valence-corrected chi connectivity index (χ4v) is 2.49. The molecule has 2 atom stereocenters. The molecular formula is C13H28N2. The second-order valence-corrected chi connectivity index (χ2v) is 5.19. The molecule has 1 saturated heterocycles. The van der Waals surface area contributed by atoms with Crippen LogP contribution in [0.1, 0.15) is 46.5 Å². The average molecular weight is 212 g/mol. The summed E-state index contributed by atoms with van der Waals surface area (Å²) in [5.74, 6) is 0.909. The maximum absolute atomic E-state index is 3.60. The van der Waals surface area contributed by atoms with Gasteiger partial charge in [-0.05, 0) is 38.6 Å². The summed E-state index contributed by atoms with van der Waals surface area (Å²) in [6.07, 6.45) is 5.41. The summed E-state index contributed by atoms with van der Waals surface area (Å²) < 4.78 is 0. The van der Waals surface area contributed by atoms with Crippen LogP contribution in [0.3, 0.4) is 0 Å². The van der Waals surface area contributed by atoms with E-state index in [1.165, 1.54) is 45.3 Å². The zero-order chi connectivity index (χ0) is 11.1. The van der Waals surface area contributed by atoms with Gasteiger partial charge < -0.3 is 10.2 Å². The quantitative estimate of drug-likeness (QED) is 0.728. The summed E-state index contributed by atoms with van der Waals surface area (Å²) in [6.45, 7) is 11.9. The van der Waals surface area contributed by atoms with Crippen LogP contribution in [-0.4, -0.2) is 37.1 Å². The van der Waals surface area contributed by atoms with Crippen molar-refractivity contribution in [3.8, 4) is 0 Å². The highest BCUT2D eigenvalue weighted by molar-refractivity contribution is 4.71. The normalized spacial score (nSPS) is 25.4. The highest BCUT2D eigenvalue weighted by Gasteiger charge is 2.15. The summed E-state index contributed by atoms with van der Waals surface area (Å²) in [5, 5.41) is 3.60. The zero-order valence-electron chi connectivity index (χ0n) is 10.8. The molecule has 1 N–H and O–H groups in total. The first kappa shape index (κ1) is 13.0. The minimum Gasteiger partial charge on any atom is -0.313 e. The third-order valence-corrected chi connectivity index (χ3v) is 3.38. The van der Waals surface area contributed by atoms with Crippen molar-refractivity contribution in [2.45, 2.75) is 52.5 Å². The molecule has 0 aliphatic carbocycles. The van der Waals surface area contributed by atoms with E-state index < -0.39 is 0 Å². The van der Waals surface area contributed by atoms with Crippen molar-refractivity contribution in [1.82, 2.24) is 10.2 Å². The summed E-state index contributed by atoms with van der Waals surface area (Å²) in [7, 11) is 0. The number of hydrogen-bond donors (Lipinski definition) is 1. The Morgan fingerprint density at radius 3 is 2.93 bits per heavy atom. The van der Waals surface area contributed by atoms with E-state index in [0.29, 0.717) is 6.04 Å². The van der Waals surface area contributed by atoms with Crippen molar-refractivity contribution in [1.29, 1.82) is 0 Å². The van der Waals surface area contributed by atoms with Gasteiger partial charge in [0.05, 0.1) is 0 Å². The molecule has 0 aromatic rings. The Balaban J connectivity index is 2.03. The third-order valence-electron chi connectivity index (χ3n) is 3.38. The Morgan fingerprint density at radius 2 is 2.27 bits per heavy atom. The van der Waals surface area contributed by atoms with Gasteiger partial charge in [-0.25, -0.2) is 0 Å². The molecule has 0 radical (unpaired) electrons. The molecule has 1 aliphatic heterocycles. The van der Waals surface area contributed by atoms with Gasteiger partial charge in [0.15, 0.2) is 0 Å². The highest BCUT2D eigenvalue weighted by Crippen LogP contribution is 2.14. The molecule has 0 saturated carbocycles. The predicted molar refractivity (Wildman–Crippen MR) is 67.2 cm³/mol. The lowest BCUT2D eigenvalue weighted by Crippen LogP contribution is -2.40. The van der Waals surface area contributed by atoms with Crippen LogP contribution in [-0.2, 0) is 0 Å². The van der Waals surface area contributed by atoms with Gasteiger partial charge in [-0.3, -0.25) is 0 Å². The number of nitrogens with zero attached hydrogens (tertiary/aromatic N) is 1. The van der Waals surface area contributed by atoms with Crippen LogP contribution in [0.25, 0.3) is 0 Å². The van der Waals surface area contributed by atoms with E-state index in [2.05, 4.69) is 31.0 Å². The monoisotopic (exact) mass is 212 g/mol. The molecule has 0 spiro atoms. The van der Waals surface area contributed by atoms with E-state index in [1.807, 2.05) is 0 Å². The lowest BCUT2D eigenvalue weighted by atomic mass is 10.0. The van der Waals surface area contributed by atoms with Crippen molar-refractivity contribution in [3.05, 3.63) is 0 Å². The van der Waals surface area contributed by atoms with E-state index in [4.69, 9.17) is 0 Å². The minimum absolute atomic E-state index is 0.692. The predicted octanol–water partition coefficient (Wildman–Crippen LogP) is 2.50. The average Bonchev–Trinajstić information content (AvgIpc) is 2.18. The lowest BCUT2D eigenvalue weighted by molar-refractivity contribution is 0.183. The maximum atomic E-state index is 3.60. The molecule has 1 rings (SSSR count). The number of likely N-dealkylation sites (tertiary alicyclic amines) is 1. The highest BCUT2D eigenvalue weighted by atomic mass is 15.1. The fraction of sp³-hybridized carbons (Fsp3) is 1.00. The molecule has 15 heavy (non-hydrogen) atoms. The molecule has 1 fully saturated rings. The Labute approximate surface area is 95.4 Å². The van der Waals surface area contributed by atoms with Gasteiger partial charge in [0.1, 0.15) is 0 Å². The van der Waals surface area contributed by atoms with Crippen LogP contribution in [0.4, 0.5) is 0 Å². The van der Waals surface area contributed by atoms with Crippen molar-refractivity contribution in [2.24, 2.45) is 5.92 Å². The summed E-state index contributed by atoms with van der Waals surface area (Å²) in [6, 6.07) is 0.692. The van der Waals surface area contributed by atoms with Crippen LogP contribution in [0, 0.1) is 5.92 Å². The van der Waals surface area contributed by atoms with Gasteiger partial charge in [0.2, 0.25) is 0 Å². The molecule has 0 aromatic heterocycles. The van der Waals surface area contributed by atoms with Gasteiger partial charge >= 0.3 is 0 Å². The molecule has 0 aromatic carbocycles. The molecule has 2 unspecified atom stereocenters. The summed E-state index contributed by atoms with van der Waals surface area (Å²) in [4.78, 5) is 2.61. The van der Waals surface area contributed by atoms with Crippen molar-refractivity contribution in [2.75, 3.05) is 26.2 Å². The van der Waals surface area contributed by atoms with Crippen LogP contribution in [0.2, 0.25) is 0 Å². The van der Waals surface area contributed by atoms with Crippen LogP contribution in [0.5, 0.6) is 0 Å². The van der Waals surface area contributed by atoms with Crippen molar-refractivity contribution in [3.63, 3.8) is 0 Å². The largest absolute Gasteiger partial charge is 0.313 e. The molecular weight excluding hydrogens is 184 g/mol. The Kier molecular flexibility index (Phi) is 6.26. The fourth-order valence-electron chi connectivity index (χ4n) is 2.49. The smallest absolute Gasteiger partial charge is 0.0107 e. The van der Waals surface area contributed by atoms with Crippen molar-refractivity contribution >= 4 is 0 Å². The molecule has 90 valence electrons. The van der Waals surface area contributed by atoms with E-state index in [-0.39, 0.29) is 0 Å². The number of nitrogens with one attached hydrogen (secondary N) is 1. The second kappa shape index (κ2) is 7.24. The standard InChI is InChI=1S/C13H28N2/c1-4-6-13(3)14-8-10-15-9-5-7-12(2)11-15/h12-14H,4-11H2,1-3H3. The van der Waals surface area contributed by atoms with E-state index in [9.17, 15) is 0 Å². The van der Waals surface area contributed by atoms with Gasteiger partial charge in [0.25, 0.3) is 0 Å². The third kappa shape index (κ3) is 5.53. The van der Waals surface area contributed by atoms with Crippen molar-refractivity contribution < 1.29 is 0 Å². The summed E-state index contributed by atoms with van der Waals surface area (Å²) >= 11 is 0. The number of piperidine rings is 1. The first-order valence-corrected chi connectivity index (χ1v) is 6.68. The molecule has 1 aliphatic rings. The Bertz CT molecular complexity index is 159. The Morgan fingerprint density at radius 1 is 1.47 bits per heavy atom. The number of rotatable bonds is 6.